The van der Waals surface area contributed by atoms with Gasteiger partial charge in [-0.2, -0.15) is 26.0 Å². The van der Waals surface area contributed by atoms with Crippen molar-refractivity contribution in [2.75, 3.05) is 0 Å². The summed E-state index contributed by atoms with van der Waals surface area (Å²) in [5, 5.41) is 0. The van der Waals surface area contributed by atoms with Crippen LogP contribution in [-0.2, 0) is 10.2 Å². The van der Waals surface area contributed by atoms with Gasteiger partial charge < -0.3 is 0 Å². The molecule has 0 radical (unpaired) electrons. The molecule has 0 saturated carbocycles. The molecule has 0 N–H and O–H groups in total. The Morgan fingerprint density at radius 1 is 0.867 bits per heavy atom. The first-order valence-electron chi connectivity index (χ1n) is 2.96. The second kappa shape index (κ2) is 3.76. The van der Waals surface area contributed by atoms with Crippen LogP contribution in [0.3, 0.4) is 0 Å². The average molecular weight is 266 g/mol. The number of alkyl halides is 7. The summed E-state index contributed by atoms with van der Waals surface area (Å²) in [6.45, 7) is 0. The van der Waals surface area contributed by atoms with Crippen LogP contribution in [0.15, 0.2) is 0 Å². The van der Waals surface area contributed by atoms with E-state index in [2.05, 4.69) is 0 Å². The second-order valence-corrected chi connectivity index (χ2v) is 3.70. The van der Waals surface area contributed by atoms with Crippen LogP contribution in [0.5, 0.6) is 0 Å². The van der Waals surface area contributed by atoms with Crippen molar-refractivity contribution in [2.24, 2.45) is 0 Å². The lowest BCUT2D eigenvalue weighted by Crippen LogP contribution is -2.54. The van der Waals surface area contributed by atoms with Crippen LogP contribution >= 0.6 is 0 Å². The van der Waals surface area contributed by atoms with Crippen molar-refractivity contribution in [3.63, 3.8) is 0 Å². The molecule has 0 bridgehead atoms. The molecular weight excluding hydrogens is 264 g/mol. The molecule has 2 nitrogen and oxygen atoms in total. The zero-order chi connectivity index (χ0) is 12.7. The van der Waals surface area contributed by atoms with E-state index in [1.807, 2.05) is 0 Å². The number of hydrogen-bond acceptors (Lipinski definition) is 2. The minimum absolute atomic E-state index is 5.03. The SMILES string of the molecule is O=S(=O)(F)C(F)C(F)(F)C(F)(F)C(F)F. The van der Waals surface area contributed by atoms with Gasteiger partial charge in [0.1, 0.15) is 0 Å². The Bertz CT molecular complexity index is 322. The molecule has 0 rings (SSSR count). The summed E-state index contributed by atoms with van der Waals surface area (Å²) in [5.74, 6) is -12.6. The van der Waals surface area contributed by atoms with E-state index in [9.17, 15) is 43.0 Å². The fourth-order valence-corrected chi connectivity index (χ4v) is 0.984. The Labute approximate surface area is 78.1 Å². The maximum atomic E-state index is 12.1. The van der Waals surface area contributed by atoms with Crippen molar-refractivity contribution >= 4 is 10.2 Å². The smallest absolute Gasteiger partial charge is 0.220 e. The third-order valence-corrected chi connectivity index (χ3v) is 2.04. The van der Waals surface area contributed by atoms with Crippen molar-refractivity contribution in [2.45, 2.75) is 23.8 Å². The molecule has 1 unspecified atom stereocenters. The second-order valence-electron chi connectivity index (χ2n) is 2.34. The van der Waals surface area contributed by atoms with E-state index in [1.165, 1.54) is 0 Å². The Morgan fingerprint density at radius 3 is 1.40 bits per heavy atom. The molecule has 0 heterocycles. The molecule has 0 aromatic carbocycles. The highest BCUT2D eigenvalue weighted by molar-refractivity contribution is 7.86. The van der Waals surface area contributed by atoms with E-state index in [4.69, 9.17) is 0 Å². The first-order valence-corrected chi connectivity index (χ1v) is 4.41. The highest BCUT2D eigenvalue weighted by Gasteiger charge is 2.71. The molecule has 92 valence electrons. The highest BCUT2D eigenvalue weighted by atomic mass is 32.3. The summed E-state index contributed by atoms with van der Waals surface area (Å²) in [6.07, 6.45) is -5.03. The summed E-state index contributed by atoms with van der Waals surface area (Å²) < 4.78 is 114. The Morgan fingerprint density at radius 2 is 1.20 bits per heavy atom. The van der Waals surface area contributed by atoms with Gasteiger partial charge in [-0.3, -0.25) is 0 Å². The number of hydrogen-bond donors (Lipinski definition) is 0. The van der Waals surface area contributed by atoms with Gasteiger partial charge in [0, 0.05) is 0 Å². The maximum Gasteiger partial charge on any atom is 0.373 e. The zero-order valence-electron chi connectivity index (χ0n) is 6.40. The Kier molecular flexibility index (Phi) is 3.60. The summed E-state index contributed by atoms with van der Waals surface area (Å²) in [6, 6.07) is 0. The van der Waals surface area contributed by atoms with Gasteiger partial charge in [0.2, 0.25) is 0 Å². The van der Waals surface area contributed by atoms with Crippen LogP contribution in [0.2, 0.25) is 0 Å². The predicted molar refractivity (Wildman–Crippen MR) is 30.8 cm³/mol. The Balaban J connectivity index is 5.33. The number of rotatable bonds is 4. The van der Waals surface area contributed by atoms with Crippen LogP contribution < -0.4 is 0 Å². The molecule has 0 aliphatic rings. The molecule has 0 fully saturated rings. The fraction of sp³-hybridized carbons (Fsp3) is 1.00. The van der Waals surface area contributed by atoms with Gasteiger partial charge in [-0.25, -0.2) is 13.2 Å². The van der Waals surface area contributed by atoms with Gasteiger partial charge in [-0.05, 0) is 0 Å². The predicted octanol–water partition coefficient (Wildman–Crippen LogP) is 2.12. The standard InChI is InChI=1S/C4H2F8O2S/c5-1(6)3(8,9)4(10,11)2(7)15(12,13)14/h1-2H. The molecule has 15 heavy (non-hydrogen) atoms. The lowest BCUT2D eigenvalue weighted by atomic mass is 10.2. The van der Waals surface area contributed by atoms with Crippen LogP contribution in [0.4, 0.5) is 34.6 Å². The van der Waals surface area contributed by atoms with Gasteiger partial charge >= 0.3 is 28.5 Å². The first kappa shape index (κ1) is 14.4. The third kappa shape index (κ3) is 2.49. The van der Waals surface area contributed by atoms with E-state index >= 15 is 0 Å². The fourth-order valence-electron chi connectivity index (χ4n) is 0.474. The van der Waals surface area contributed by atoms with Crippen LogP contribution in [-0.4, -0.2) is 32.2 Å². The molecule has 0 saturated heterocycles. The van der Waals surface area contributed by atoms with E-state index in [-0.39, 0.29) is 0 Å². The van der Waals surface area contributed by atoms with E-state index in [0.29, 0.717) is 0 Å². The van der Waals surface area contributed by atoms with Crippen molar-refractivity contribution in [3.8, 4) is 0 Å². The summed E-state index contributed by atoms with van der Waals surface area (Å²) in [4.78, 5) is 0. The van der Waals surface area contributed by atoms with Gasteiger partial charge in [-0.1, -0.05) is 0 Å². The van der Waals surface area contributed by atoms with Crippen molar-refractivity contribution < 1.29 is 43.0 Å². The average Bonchev–Trinajstić information content (AvgIpc) is 2.00. The van der Waals surface area contributed by atoms with Crippen molar-refractivity contribution in [1.29, 1.82) is 0 Å². The molecule has 0 aliphatic carbocycles. The molecule has 11 heteroatoms. The van der Waals surface area contributed by atoms with Crippen molar-refractivity contribution in [1.82, 2.24) is 0 Å². The van der Waals surface area contributed by atoms with Gasteiger partial charge in [-0.15, -0.1) is 3.89 Å². The zero-order valence-corrected chi connectivity index (χ0v) is 7.22. The largest absolute Gasteiger partial charge is 0.373 e. The lowest BCUT2D eigenvalue weighted by molar-refractivity contribution is -0.274. The van der Waals surface area contributed by atoms with Gasteiger partial charge in [0.15, 0.2) is 0 Å². The van der Waals surface area contributed by atoms with Gasteiger partial charge in [0.05, 0.1) is 0 Å². The quantitative estimate of drug-likeness (QED) is 0.577. The van der Waals surface area contributed by atoms with Crippen LogP contribution in [0, 0.1) is 0 Å². The van der Waals surface area contributed by atoms with Crippen LogP contribution in [0.25, 0.3) is 0 Å². The molecule has 0 aromatic heterocycles. The van der Waals surface area contributed by atoms with E-state index in [0.717, 1.165) is 0 Å². The minimum Gasteiger partial charge on any atom is -0.220 e. The van der Waals surface area contributed by atoms with Crippen LogP contribution in [0.1, 0.15) is 0 Å². The van der Waals surface area contributed by atoms with Crippen molar-refractivity contribution in [3.05, 3.63) is 0 Å². The van der Waals surface area contributed by atoms with E-state index in [1.54, 1.807) is 0 Å². The highest BCUT2D eigenvalue weighted by Crippen LogP contribution is 2.44. The monoisotopic (exact) mass is 266 g/mol. The molecule has 0 aliphatic heterocycles. The summed E-state index contributed by atoms with van der Waals surface area (Å²) in [7, 11) is -6.71. The normalized spacial score (nSPS) is 16.9. The molecule has 0 amide bonds. The maximum absolute atomic E-state index is 12.1. The molecular formula is C4H2F8O2S. The number of halogens is 8. The lowest BCUT2D eigenvalue weighted by Gasteiger charge is -2.26. The molecule has 0 spiro atoms. The topological polar surface area (TPSA) is 34.1 Å². The molecule has 0 aromatic rings. The Hall–Kier alpha value is -0.610. The summed E-state index contributed by atoms with van der Waals surface area (Å²) in [5.41, 5.74) is -5.05. The van der Waals surface area contributed by atoms with Gasteiger partial charge in [0.25, 0.3) is 5.50 Å². The third-order valence-electron chi connectivity index (χ3n) is 1.25. The minimum atomic E-state index is -6.71. The first-order chi connectivity index (χ1) is 6.35. The summed E-state index contributed by atoms with van der Waals surface area (Å²) >= 11 is 0. The molecule has 1 atom stereocenters. The van der Waals surface area contributed by atoms with E-state index < -0.39 is 34.0 Å².